The van der Waals surface area contributed by atoms with Gasteiger partial charge in [0.1, 0.15) is 0 Å². The van der Waals surface area contributed by atoms with Gasteiger partial charge in [-0.2, -0.15) is 5.10 Å². The van der Waals surface area contributed by atoms with Crippen molar-refractivity contribution in [3.05, 3.63) is 23.0 Å². The average molecular weight is 372 g/mol. The summed E-state index contributed by atoms with van der Waals surface area (Å²) < 4.78 is 1.95. The summed E-state index contributed by atoms with van der Waals surface area (Å²) in [4.78, 5) is 20.4. The molecule has 1 aliphatic heterocycles. The number of fused-ring (bicyclic) bond motifs is 1. The van der Waals surface area contributed by atoms with Crippen LogP contribution in [0, 0.1) is 12.8 Å². The van der Waals surface area contributed by atoms with E-state index < -0.39 is 0 Å². The van der Waals surface area contributed by atoms with Crippen molar-refractivity contribution in [2.45, 2.75) is 72.4 Å². The molecule has 1 aliphatic rings. The normalized spacial score (nSPS) is 20.9. The standard InChI is InChI=1S/C21H33N5O/c1-12(2)17-9-16(20(27)25-11-15(10-22)8-13(25)3)18-14(4)24-26(19(18)23-17)21(5,6)7/h9,12-13,15H,8,10-11,22H2,1-7H3. The Kier molecular flexibility index (Phi) is 5.06. The summed E-state index contributed by atoms with van der Waals surface area (Å²) in [6, 6.07) is 2.18. The molecule has 0 spiro atoms. The first-order chi connectivity index (χ1) is 12.5. The smallest absolute Gasteiger partial charge is 0.254 e. The van der Waals surface area contributed by atoms with Crippen LogP contribution in [0.15, 0.2) is 6.07 Å². The number of aromatic nitrogens is 3. The van der Waals surface area contributed by atoms with Crippen molar-refractivity contribution in [1.82, 2.24) is 19.7 Å². The maximum atomic E-state index is 13.5. The third-order valence-electron chi connectivity index (χ3n) is 5.55. The van der Waals surface area contributed by atoms with E-state index in [1.807, 2.05) is 22.6 Å². The molecule has 0 saturated carbocycles. The van der Waals surface area contributed by atoms with Crippen molar-refractivity contribution in [3.63, 3.8) is 0 Å². The molecule has 2 atom stereocenters. The highest BCUT2D eigenvalue weighted by atomic mass is 16.2. The van der Waals surface area contributed by atoms with Crippen molar-refractivity contribution in [1.29, 1.82) is 0 Å². The molecular weight excluding hydrogens is 338 g/mol. The lowest BCUT2D eigenvalue weighted by Crippen LogP contribution is -2.34. The Hall–Kier alpha value is -1.95. The number of nitrogens with zero attached hydrogens (tertiary/aromatic N) is 4. The third kappa shape index (κ3) is 3.47. The van der Waals surface area contributed by atoms with Crippen LogP contribution in [-0.4, -0.2) is 44.7 Å². The molecular formula is C21H33N5O. The molecule has 1 saturated heterocycles. The Balaban J connectivity index is 2.20. The molecule has 6 heteroatoms. The van der Waals surface area contributed by atoms with Gasteiger partial charge in [-0.05, 0) is 65.5 Å². The van der Waals surface area contributed by atoms with E-state index in [0.29, 0.717) is 12.5 Å². The van der Waals surface area contributed by atoms with Gasteiger partial charge in [-0.3, -0.25) is 4.79 Å². The fourth-order valence-electron chi connectivity index (χ4n) is 3.99. The van der Waals surface area contributed by atoms with Gasteiger partial charge >= 0.3 is 0 Å². The van der Waals surface area contributed by atoms with Crippen molar-refractivity contribution >= 4 is 16.9 Å². The minimum atomic E-state index is -0.207. The fourth-order valence-corrected chi connectivity index (χ4v) is 3.99. The molecule has 3 heterocycles. The lowest BCUT2D eigenvalue weighted by molar-refractivity contribution is 0.0745. The molecule has 0 radical (unpaired) electrons. The third-order valence-corrected chi connectivity index (χ3v) is 5.55. The Morgan fingerprint density at radius 1 is 1.37 bits per heavy atom. The van der Waals surface area contributed by atoms with Crippen LogP contribution in [0.4, 0.5) is 0 Å². The lowest BCUT2D eigenvalue weighted by atomic mass is 10.0. The number of likely N-dealkylation sites (tertiary alicyclic amines) is 1. The van der Waals surface area contributed by atoms with E-state index in [-0.39, 0.29) is 23.4 Å². The van der Waals surface area contributed by atoms with Gasteiger partial charge in [-0.25, -0.2) is 9.67 Å². The number of pyridine rings is 1. The number of nitrogens with two attached hydrogens (primary N) is 1. The maximum absolute atomic E-state index is 13.5. The number of aryl methyl sites for hydroxylation is 1. The van der Waals surface area contributed by atoms with Gasteiger partial charge in [0.2, 0.25) is 0 Å². The second-order valence-corrected chi connectivity index (χ2v) is 9.26. The molecule has 0 bridgehead atoms. The highest BCUT2D eigenvalue weighted by molar-refractivity contribution is 6.06. The van der Waals surface area contributed by atoms with E-state index in [2.05, 4.69) is 41.5 Å². The van der Waals surface area contributed by atoms with Crippen LogP contribution in [0.25, 0.3) is 11.0 Å². The molecule has 27 heavy (non-hydrogen) atoms. The van der Waals surface area contributed by atoms with E-state index >= 15 is 0 Å². The summed E-state index contributed by atoms with van der Waals surface area (Å²) in [6.45, 7) is 16.0. The van der Waals surface area contributed by atoms with Crippen LogP contribution in [0.1, 0.15) is 75.6 Å². The van der Waals surface area contributed by atoms with Gasteiger partial charge < -0.3 is 10.6 Å². The molecule has 3 rings (SSSR count). The number of amides is 1. The Bertz CT molecular complexity index is 862. The highest BCUT2D eigenvalue weighted by Crippen LogP contribution is 2.32. The van der Waals surface area contributed by atoms with Crippen LogP contribution >= 0.6 is 0 Å². The molecule has 2 N–H and O–H groups in total. The minimum Gasteiger partial charge on any atom is -0.336 e. The molecule has 0 aliphatic carbocycles. The van der Waals surface area contributed by atoms with Crippen LogP contribution in [0.5, 0.6) is 0 Å². The molecule has 2 unspecified atom stereocenters. The second kappa shape index (κ2) is 6.89. The van der Waals surface area contributed by atoms with Crippen molar-refractivity contribution in [3.8, 4) is 0 Å². The first-order valence-electron chi connectivity index (χ1n) is 9.96. The van der Waals surface area contributed by atoms with Gasteiger partial charge in [0.05, 0.1) is 22.2 Å². The van der Waals surface area contributed by atoms with Crippen LogP contribution in [0.2, 0.25) is 0 Å². The summed E-state index contributed by atoms with van der Waals surface area (Å²) in [5.41, 5.74) is 8.97. The topological polar surface area (TPSA) is 77.0 Å². The predicted molar refractivity (Wildman–Crippen MR) is 109 cm³/mol. The summed E-state index contributed by atoms with van der Waals surface area (Å²) >= 11 is 0. The molecule has 6 nitrogen and oxygen atoms in total. The number of carbonyl (C=O) groups excluding carboxylic acids is 1. The van der Waals surface area contributed by atoms with Gasteiger partial charge in [0.15, 0.2) is 5.65 Å². The Morgan fingerprint density at radius 2 is 2.04 bits per heavy atom. The zero-order chi connectivity index (χ0) is 20.1. The van der Waals surface area contributed by atoms with E-state index in [9.17, 15) is 4.79 Å². The molecule has 2 aromatic heterocycles. The summed E-state index contributed by atoms with van der Waals surface area (Å²) in [5, 5.41) is 5.62. The maximum Gasteiger partial charge on any atom is 0.254 e. The lowest BCUT2D eigenvalue weighted by Gasteiger charge is -2.23. The Labute approximate surface area is 162 Å². The second-order valence-electron chi connectivity index (χ2n) is 9.26. The number of carbonyl (C=O) groups is 1. The Morgan fingerprint density at radius 3 is 2.56 bits per heavy atom. The van der Waals surface area contributed by atoms with E-state index in [1.165, 1.54) is 0 Å². The van der Waals surface area contributed by atoms with Crippen molar-refractivity contribution < 1.29 is 4.79 Å². The van der Waals surface area contributed by atoms with Crippen LogP contribution < -0.4 is 5.73 Å². The molecule has 0 aromatic carbocycles. The van der Waals surface area contributed by atoms with Crippen LogP contribution in [0.3, 0.4) is 0 Å². The summed E-state index contributed by atoms with van der Waals surface area (Å²) in [7, 11) is 0. The fraction of sp³-hybridized carbons (Fsp3) is 0.667. The van der Waals surface area contributed by atoms with Gasteiger partial charge in [-0.1, -0.05) is 13.8 Å². The van der Waals surface area contributed by atoms with Gasteiger partial charge in [-0.15, -0.1) is 0 Å². The number of rotatable bonds is 3. The quantitative estimate of drug-likeness (QED) is 0.897. The summed E-state index contributed by atoms with van der Waals surface area (Å²) in [6.07, 6.45) is 0.966. The van der Waals surface area contributed by atoms with E-state index in [1.54, 1.807) is 0 Å². The van der Waals surface area contributed by atoms with E-state index in [4.69, 9.17) is 15.8 Å². The van der Waals surface area contributed by atoms with Crippen LogP contribution in [-0.2, 0) is 5.54 Å². The number of hydrogen-bond donors (Lipinski definition) is 1. The molecule has 1 fully saturated rings. The molecule has 1 amide bonds. The van der Waals surface area contributed by atoms with Gasteiger partial charge in [0, 0.05) is 18.3 Å². The van der Waals surface area contributed by atoms with Crippen molar-refractivity contribution in [2.75, 3.05) is 13.1 Å². The zero-order valence-electron chi connectivity index (χ0n) is 17.7. The van der Waals surface area contributed by atoms with E-state index in [0.717, 1.165) is 41.0 Å². The minimum absolute atomic E-state index is 0.0734. The zero-order valence-corrected chi connectivity index (χ0v) is 17.7. The number of hydrogen-bond acceptors (Lipinski definition) is 4. The first kappa shape index (κ1) is 19.8. The largest absolute Gasteiger partial charge is 0.336 e. The molecule has 2 aromatic rings. The summed E-state index contributed by atoms with van der Waals surface area (Å²) in [5.74, 6) is 0.686. The SMILES string of the molecule is Cc1nn(C(C)(C)C)c2nc(C(C)C)cc(C(=O)N3CC(CN)CC3C)c12. The molecule has 148 valence electrons. The highest BCUT2D eigenvalue weighted by Gasteiger charge is 2.34. The monoisotopic (exact) mass is 371 g/mol. The first-order valence-corrected chi connectivity index (χ1v) is 9.96. The average Bonchev–Trinajstić information content (AvgIpc) is 3.13. The predicted octanol–water partition coefficient (Wildman–Crippen LogP) is 3.43. The van der Waals surface area contributed by atoms with Gasteiger partial charge in [0.25, 0.3) is 5.91 Å². The van der Waals surface area contributed by atoms with Crippen molar-refractivity contribution in [2.24, 2.45) is 11.7 Å².